The highest BCUT2D eigenvalue weighted by Crippen LogP contribution is 2.36. The third kappa shape index (κ3) is 4.47. The smallest absolute Gasteiger partial charge is 0.326 e. The van der Waals surface area contributed by atoms with E-state index in [2.05, 4.69) is 0 Å². The van der Waals surface area contributed by atoms with Crippen molar-refractivity contribution in [2.75, 3.05) is 19.1 Å². The molecule has 0 spiro atoms. The van der Waals surface area contributed by atoms with Gasteiger partial charge in [-0.15, -0.1) is 0 Å². The predicted molar refractivity (Wildman–Crippen MR) is 104 cm³/mol. The number of phenolic OH excluding ortho intramolecular Hbond substituents is 1. The maximum atomic E-state index is 12.6. The Balaban J connectivity index is 2.27. The summed E-state index contributed by atoms with van der Waals surface area (Å²) in [4.78, 5) is 25.6. The fourth-order valence-corrected chi connectivity index (χ4v) is 4.10. The molecule has 1 saturated heterocycles. The van der Waals surface area contributed by atoms with Crippen LogP contribution in [0.15, 0.2) is 23.1 Å². The lowest BCUT2D eigenvalue weighted by Gasteiger charge is -2.22. The number of aromatic hydroxyl groups is 1. The van der Waals surface area contributed by atoms with Crippen LogP contribution in [0.1, 0.15) is 12.0 Å². The summed E-state index contributed by atoms with van der Waals surface area (Å²) < 4.78 is 5.21. The summed E-state index contributed by atoms with van der Waals surface area (Å²) in [5.41, 5.74) is 0.592. The molecule has 2 N–H and O–H groups in total. The van der Waals surface area contributed by atoms with E-state index < -0.39 is 17.9 Å². The number of carboxylic acids is 1. The maximum Gasteiger partial charge on any atom is 0.326 e. The SMILES string of the molecule is COc1ccc(/C=C2\SC(=S)N([C@@H](CCSC)C(=O)O)C2=O)cc1O. The predicted octanol–water partition coefficient (Wildman–Crippen LogP) is 2.81. The average Bonchev–Trinajstić information content (AvgIpc) is 2.83. The molecule has 0 aromatic heterocycles. The van der Waals surface area contributed by atoms with Crippen molar-refractivity contribution < 1.29 is 24.5 Å². The minimum absolute atomic E-state index is 0.0462. The first-order valence-electron chi connectivity index (χ1n) is 7.24. The minimum atomic E-state index is -1.08. The Bertz CT molecular complexity index is 734. The summed E-state index contributed by atoms with van der Waals surface area (Å²) in [7, 11) is 1.44. The normalized spacial score (nSPS) is 17.2. The van der Waals surface area contributed by atoms with Gasteiger partial charge in [-0.3, -0.25) is 9.69 Å². The Labute approximate surface area is 159 Å². The van der Waals surface area contributed by atoms with E-state index in [4.69, 9.17) is 17.0 Å². The molecule has 0 bridgehead atoms. The van der Waals surface area contributed by atoms with Crippen LogP contribution in [0.4, 0.5) is 0 Å². The zero-order valence-electron chi connectivity index (χ0n) is 13.6. The monoisotopic (exact) mass is 399 g/mol. The molecule has 1 fully saturated rings. The number of rotatable bonds is 7. The molecule has 2 rings (SSSR count). The van der Waals surface area contributed by atoms with Crippen molar-refractivity contribution in [3.8, 4) is 11.5 Å². The van der Waals surface area contributed by atoms with Crippen LogP contribution in [0.2, 0.25) is 0 Å². The third-order valence-electron chi connectivity index (χ3n) is 3.52. The zero-order valence-corrected chi connectivity index (χ0v) is 16.0. The van der Waals surface area contributed by atoms with Gasteiger partial charge in [0, 0.05) is 0 Å². The number of carbonyl (C=O) groups excluding carboxylic acids is 1. The van der Waals surface area contributed by atoms with Gasteiger partial charge < -0.3 is 14.9 Å². The van der Waals surface area contributed by atoms with Crippen molar-refractivity contribution in [1.82, 2.24) is 4.90 Å². The molecule has 6 nitrogen and oxygen atoms in total. The van der Waals surface area contributed by atoms with E-state index in [1.54, 1.807) is 18.2 Å². The minimum Gasteiger partial charge on any atom is -0.504 e. The number of thiocarbonyl (C=S) groups is 1. The van der Waals surface area contributed by atoms with Gasteiger partial charge in [0.2, 0.25) is 0 Å². The number of carboxylic acid groups (broad SMARTS) is 1. The molecule has 1 amide bonds. The molecule has 1 atom stereocenters. The second-order valence-electron chi connectivity index (χ2n) is 5.12. The maximum absolute atomic E-state index is 12.6. The molecule has 134 valence electrons. The first kappa shape index (κ1) is 19.6. The van der Waals surface area contributed by atoms with Gasteiger partial charge in [0.1, 0.15) is 10.4 Å². The van der Waals surface area contributed by atoms with E-state index in [1.807, 2.05) is 6.26 Å². The molecule has 1 aliphatic heterocycles. The first-order chi connectivity index (χ1) is 11.9. The van der Waals surface area contributed by atoms with Crippen LogP contribution in [-0.4, -0.2) is 56.5 Å². The van der Waals surface area contributed by atoms with Crippen molar-refractivity contribution in [1.29, 1.82) is 0 Å². The van der Waals surface area contributed by atoms with Crippen molar-refractivity contribution in [3.05, 3.63) is 28.7 Å². The van der Waals surface area contributed by atoms with E-state index in [0.29, 0.717) is 28.4 Å². The molecular formula is C16H17NO5S3. The molecule has 1 aromatic rings. The highest BCUT2D eigenvalue weighted by atomic mass is 32.2. The molecule has 0 radical (unpaired) electrons. The van der Waals surface area contributed by atoms with Crippen molar-refractivity contribution in [2.24, 2.45) is 0 Å². The fraction of sp³-hybridized carbons (Fsp3) is 0.312. The van der Waals surface area contributed by atoms with E-state index in [-0.39, 0.29) is 10.1 Å². The number of methoxy groups -OCH3 is 1. The quantitative estimate of drug-likeness (QED) is 0.535. The second kappa shape index (κ2) is 8.59. The Kier molecular flexibility index (Phi) is 6.74. The molecule has 1 aromatic carbocycles. The van der Waals surface area contributed by atoms with Crippen LogP contribution in [0, 0.1) is 0 Å². The molecule has 0 aliphatic carbocycles. The largest absolute Gasteiger partial charge is 0.504 e. The van der Waals surface area contributed by atoms with Crippen molar-refractivity contribution >= 4 is 58.0 Å². The summed E-state index contributed by atoms with van der Waals surface area (Å²) >= 11 is 7.78. The summed E-state index contributed by atoms with van der Waals surface area (Å²) in [6.45, 7) is 0. The van der Waals surface area contributed by atoms with E-state index in [1.165, 1.54) is 24.9 Å². The Morgan fingerprint density at radius 3 is 2.80 bits per heavy atom. The third-order valence-corrected chi connectivity index (χ3v) is 5.49. The number of thioether (sulfide) groups is 2. The first-order valence-corrected chi connectivity index (χ1v) is 9.86. The van der Waals surface area contributed by atoms with E-state index in [9.17, 15) is 19.8 Å². The zero-order chi connectivity index (χ0) is 18.6. The molecule has 1 heterocycles. The molecular weight excluding hydrogens is 382 g/mol. The van der Waals surface area contributed by atoms with Crippen molar-refractivity contribution in [2.45, 2.75) is 12.5 Å². The number of aliphatic carboxylic acids is 1. The lowest BCUT2D eigenvalue weighted by molar-refractivity contribution is -0.145. The number of hydrogen-bond donors (Lipinski definition) is 2. The van der Waals surface area contributed by atoms with Gasteiger partial charge in [0.15, 0.2) is 11.5 Å². The van der Waals surface area contributed by atoms with Crippen LogP contribution in [0.25, 0.3) is 6.08 Å². The number of phenols is 1. The van der Waals surface area contributed by atoms with Gasteiger partial charge >= 0.3 is 5.97 Å². The Hall–Kier alpha value is -1.71. The van der Waals surface area contributed by atoms with Gasteiger partial charge in [-0.2, -0.15) is 11.8 Å². The summed E-state index contributed by atoms with van der Waals surface area (Å²) in [6.07, 6.45) is 3.77. The molecule has 9 heteroatoms. The lowest BCUT2D eigenvalue weighted by Crippen LogP contribution is -2.44. The van der Waals surface area contributed by atoms with Gasteiger partial charge in [-0.25, -0.2) is 4.79 Å². The van der Waals surface area contributed by atoms with E-state index in [0.717, 1.165) is 16.7 Å². The molecule has 25 heavy (non-hydrogen) atoms. The number of nitrogens with zero attached hydrogens (tertiary/aromatic N) is 1. The number of hydrogen-bond acceptors (Lipinski definition) is 7. The van der Waals surface area contributed by atoms with Crippen LogP contribution >= 0.6 is 35.7 Å². The van der Waals surface area contributed by atoms with E-state index >= 15 is 0 Å². The Morgan fingerprint density at radius 1 is 1.52 bits per heavy atom. The Morgan fingerprint density at radius 2 is 2.24 bits per heavy atom. The van der Waals surface area contributed by atoms with Crippen LogP contribution < -0.4 is 4.74 Å². The average molecular weight is 400 g/mol. The topological polar surface area (TPSA) is 87.1 Å². The molecule has 1 aliphatic rings. The van der Waals surface area contributed by atoms with Crippen molar-refractivity contribution in [3.63, 3.8) is 0 Å². The highest BCUT2D eigenvalue weighted by Gasteiger charge is 2.40. The van der Waals surface area contributed by atoms with Crippen LogP contribution in [-0.2, 0) is 9.59 Å². The fourth-order valence-electron chi connectivity index (χ4n) is 2.29. The highest BCUT2D eigenvalue weighted by molar-refractivity contribution is 8.26. The van der Waals surface area contributed by atoms with Gasteiger partial charge in [-0.05, 0) is 42.2 Å². The van der Waals surface area contributed by atoms with Crippen LogP contribution in [0.5, 0.6) is 11.5 Å². The number of ether oxygens (including phenoxy) is 1. The molecule has 0 saturated carbocycles. The van der Waals surface area contributed by atoms with Gasteiger partial charge in [0.05, 0.1) is 12.0 Å². The summed E-state index contributed by atoms with van der Waals surface area (Å²) in [6, 6.07) is 3.76. The standard InChI is InChI=1S/C16H17NO5S3/c1-22-12-4-3-9(7-11(12)18)8-13-14(19)17(16(23)25-13)10(15(20)21)5-6-24-2/h3-4,7-8,10,18H,5-6H2,1-2H3,(H,20,21)/b13-8-/t10-/m0/s1. The number of amides is 1. The van der Waals surface area contributed by atoms with Gasteiger partial charge in [-0.1, -0.05) is 30.0 Å². The second-order valence-corrected chi connectivity index (χ2v) is 7.78. The van der Waals surface area contributed by atoms with Gasteiger partial charge in [0.25, 0.3) is 5.91 Å². The summed E-state index contributed by atoms with van der Waals surface area (Å²) in [5, 5.41) is 19.3. The summed E-state index contributed by atoms with van der Waals surface area (Å²) in [5.74, 6) is -0.616. The van der Waals surface area contributed by atoms with Crippen LogP contribution in [0.3, 0.4) is 0 Å². The molecule has 0 unspecified atom stereocenters. The lowest BCUT2D eigenvalue weighted by atomic mass is 10.1. The number of benzene rings is 1. The number of carbonyl (C=O) groups is 2.